The molecule has 0 aliphatic heterocycles. The van der Waals surface area contributed by atoms with Crippen LogP contribution in [0.1, 0.15) is 0 Å². The highest BCUT2D eigenvalue weighted by molar-refractivity contribution is 8.00. The number of alkyl halides is 2. The summed E-state index contributed by atoms with van der Waals surface area (Å²) in [5.41, 5.74) is 1.23. The topological polar surface area (TPSA) is 55.1 Å². The zero-order valence-corrected chi connectivity index (χ0v) is 9.54. The van der Waals surface area contributed by atoms with Crippen LogP contribution in [-0.2, 0) is 11.8 Å². The maximum absolute atomic E-state index is 13.1. The Bertz CT molecular complexity index is 583. The van der Waals surface area contributed by atoms with Crippen molar-refractivity contribution in [1.82, 2.24) is 9.55 Å². The summed E-state index contributed by atoms with van der Waals surface area (Å²) in [6, 6.07) is 6.90. The third-order valence-electron chi connectivity index (χ3n) is 2.21. The number of aromatic nitrogens is 2. The van der Waals surface area contributed by atoms with Crippen LogP contribution >= 0.6 is 11.8 Å². The quantitative estimate of drug-likeness (QED) is 0.858. The van der Waals surface area contributed by atoms with Crippen molar-refractivity contribution in [1.29, 1.82) is 0 Å². The number of hydrogen-bond donors (Lipinski definition) is 1. The number of benzene rings is 1. The van der Waals surface area contributed by atoms with Gasteiger partial charge in [-0.2, -0.15) is 8.78 Å². The molecule has 2 rings (SSSR count). The zero-order valence-electron chi connectivity index (χ0n) is 8.72. The Morgan fingerprint density at radius 2 is 2.12 bits per heavy atom. The Morgan fingerprint density at radius 1 is 1.47 bits per heavy atom. The third-order valence-corrected chi connectivity index (χ3v) is 3.19. The second-order valence-corrected chi connectivity index (χ2v) is 4.45. The second-order valence-electron chi connectivity index (χ2n) is 3.37. The molecule has 0 spiro atoms. The number of aryl methyl sites for hydroxylation is 1. The Labute approximate surface area is 99.3 Å². The van der Waals surface area contributed by atoms with Gasteiger partial charge in [-0.1, -0.05) is 12.1 Å². The lowest BCUT2D eigenvalue weighted by Gasteiger charge is -2.09. The molecule has 0 aliphatic rings. The van der Waals surface area contributed by atoms with Gasteiger partial charge in [-0.05, 0) is 23.9 Å². The fourth-order valence-corrected chi connectivity index (χ4v) is 2.07. The van der Waals surface area contributed by atoms with Gasteiger partial charge in [0.1, 0.15) is 0 Å². The number of hydrogen-bond acceptors (Lipinski definition) is 3. The van der Waals surface area contributed by atoms with Crippen LogP contribution < -0.4 is 0 Å². The van der Waals surface area contributed by atoms with Gasteiger partial charge in [-0.15, -0.1) is 0 Å². The normalized spacial score (nSPS) is 11.9. The highest BCUT2D eigenvalue weighted by Crippen LogP contribution is 2.36. The lowest BCUT2D eigenvalue weighted by Crippen LogP contribution is -2.24. The van der Waals surface area contributed by atoms with E-state index in [4.69, 9.17) is 5.11 Å². The van der Waals surface area contributed by atoms with Crippen molar-refractivity contribution in [2.75, 3.05) is 0 Å². The third kappa shape index (κ3) is 2.10. The van der Waals surface area contributed by atoms with Gasteiger partial charge in [0.05, 0.1) is 11.0 Å². The van der Waals surface area contributed by atoms with Crippen molar-refractivity contribution in [3.8, 4) is 0 Å². The molecule has 0 atom stereocenters. The number of para-hydroxylation sites is 2. The first-order chi connectivity index (χ1) is 7.92. The molecule has 1 N–H and O–H groups in total. The number of carbonyl (C=O) groups is 1. The molecule has 0 amide bonds. The minimum atomic E-state index is -3.88. The van der Waals surface area contributed by atoms with Gasteiger partial charge in [0.25, 0.3) is 0 Å². The monoisotopic (exact) mass is 258 g/mol. The highest BCUT2D eigenvalue weighted by atomic mass is 32.2. The molecule has 0 saturated carbocycles. The molecule has 90 valence electrons. The number of nitrogens with zero attached hydrogens (tertiary/aromatic N) is 2. The lowest BCUT2D eigenvalue weighted by atomic mass is 10.3. The summed E-state index contributed by atoms with van der Waals surface area (Å²) in [5.74, 6) is -2.17. The van der Waals surface area contributed by atoms with Gasteiger partial charge in [0, 0.05) is 7.05 Å². The number of imidazole rings is 1. The number of fused-ring (bicyclic) bond motifs is 1. The molecule has 0 unspecified atom stereocenters. The van der Waals surface area contributed by atoms with Gasteiger partial charge < -0.3 is 9.67 Å². The second kappa shape index (κ2) is 3.99. The summed E-state index contributed by atoms with van der Waals surface area (Å²) in [5, 5.41) is 4.45. The van der Waals surface area contributed by atoms with Gasteiger partial charge in [-0.25, -0.2) is 9.78 Å². The van der Waals surface area contributed by atoms with E-state index in [1.54, 1.807) is 31.3 Å². The van der Waals surface area contributed by atoms with Crippen LogP contribution in [0, 0.1) is 0 Å². The van der Waals surface area contributed by atoms with E-state index < -0.39 is 11.2 Å². The van der Waals surface area contributed by atoms with Gasteiger partial charge in [0.2, 0.25) is 0 Å². The van der Waals surface area contributed by atoms with Crippen LogP contribution in [0.5, 0.6) is 0 Å². The first-order valence-electron chi connectivity index (χ1n) is 4.63. The summed E-state index contributed by atoms with van der Waals surface area (Å²) >= 11 is -0.0747. The number of carboxylic acid groups (broad SMARTS) is 1. The Hall–Kier alpha value is -1.63. The number of aliphatic carboxylic acids is 1. The van der Waals surface area contributed by atoms with E-state index in [0.29, 0.717) is 11.0 Å². The van der Waals surface area contributed by atoms with E-state index in [9.17, 15) is 13.6 Å². The average Bonchev–Trinajstić information content (AvgIpc) is 2.56. The lowest BCUT2D eigenvalue weighted by molar-refractivity contribution is -0.152. The molecule has 0 bridgehead atoms. The van der Waals surface area contributed by atoms with E-state index >= 15 is 0 Å². The number of carboxylic acids is 1. The molecule has 0 fully saturated rings. The minimum Gasteiger partial charge on any atom is -0.476 e. The van der Waals surface area contributed by atoms with Gasteiger partial charge in [-0.3, -0.25) is 0 Å². The molecule has 1 aromatic heterocycles. The van der Waals surface area contributed by atoms with Crippen LogP contribution in [0.15, 0.2) is 29.4 Å². The molecular formula is C10H8F2N2O2S. The Balaban J connectivity index is 2.43. The standard InChI is InChI=1S/C10H8F2N2O2S/c1-14-7-5-3-2-4-6(7)13-9(14)17-10(11,12)8(15)16/h2-5H,1H3,(H,15,16). The summed E-state index contributed by atoms with van der Waals surface area (Å²) in [4.78, 5) is 14.3. The minimum absolute atomic E-state index is 0.0291. The molecular weight excluding hydrogens is 250 g/mol. The maximum Gasteiger partial charge on any atom is 0.395 e. The maximum atomic E-state index is 13.1. The molecule has 2 aromatic rings. The number of halogens is 2. The smallest absolute Gasteiger partial charge is 0.395 e. The molecule has 7 heteroatoms. The van der Waals surface area contributed by atoms with Crippen molar-refractivity contribution in [2.45, 2.75) is 10.4 Å². The predicted octanol–water partition coefficient (Wildman–Crippen LogP) is 2.34. The van der Waals surface area contributed by atoms with Crippen LogP contribution in [0.4, 0.5) is 8.78 Å². The van der Waals surface area contributed by atoms with Gasteiger partial charge >= 0.3 is 11.2 Å². The van der Waals surface area contributed by atoms with Gasteiger partial charge in [0.15, 0.2) is 5.16 Å². The van der Waals surface area contributed by atoms with E-state index in [1.165, 1.54) is 4.57 Å². The molecule has 1 aromatic carbocycles. The average molecular weight is 258 g/mol. The Morgan fingerprint density at radius 3 is 2.71 bits per heavy atom. The van der Waals surface area contributed by atoms with Crippen LogP contribution in [0.25, 0.3) is 11.0 Å². The van der Waals surface area contributed by atoms with Crippen molar-refractivity contribution < 1.29 is 18.7 Å². The van der Waals surface area contributed by atoms with Crippen LogP contribution in [0.2, 0.25) is 0 Å². The molecule has 17 heavy (non-hydrogen) atoms. The summed E-state index contributed by atoms with van der Waals surface area (Å²) in [6.07, 6.45) is 0. The summed E-state index contributed by atoms with van der Waals surface area (Å²) in [6.45, 7) is 0. The first kappa shape index (κ1) is 11.8. The van der Waals surface area contributed by atoms with Crippen molar-refractivity contribution in [2.24, 2.45) is 7.05 Å². The van der Waals surface area contributed by atoms with E-state index in [0.717, 1.165) is 0 Å². The van der Waals surface area contributed by atoms with E-state index in [2.05, 4.69) is 4.98 Å². The SMILES string of the molecule is Cn1c(SC(F)(F)C(=O)O)nc2ccccc21. The highest BCUT2D eigenvalue weighted by Gasteiger charge is 2.41. The molecule has 0 aliphatic carbocycles. The molecule has 1 heterocycles. The largest absolute Gasteiger partial charge is 0.476 e. The fraction of sp³-hybridized carbons (Fsp3) is 0.200. The number of thioether (sulfide) groups is 1. The summed E-state index contributed by atoms with van der Waals surface area (Å²) in [7, 11) is 1.57. The van der Waals surface area contributed by atoms with E-state index in [-0.39, 0.29) is 16.9 Å². The molecule has 0 radical (unpaired) electrons. The molecule has 0 saturated heterocycles. The summed E-state index contributed by atoms with van der Waals surface area (Å²) < 4.78 is 27.5. The first-order valence-corrected chi connectivity index (χ1v) is 5.45. The van der Waals surface area contributed by atoms with Crippen molar-refractivity contribution in [3.05, 3.63) is 24.3 Å². The number of rotatable bonds is 3. The van der Waals surface area contributed by atoms with Crippen LogP contribution in [0.3, 0.4) is 0 Å². The zero-order chi connectivity index (χ0) is 12.6. The van der Waals surface area contributed by atoms with E-state index in [1.807, 2.05) is 0 Å². The Kier molecular flexibility index (Phi) is 2.78. The van der Waals surface area contributed by atoms with Crippen LogP contribution in [-0.4, -0.2) is 25.9 Å². The predicted molar refractivity (Wildman–Crippen MR) is 59.2 cm³/mol. The van der Waals surface area contributed by atoms with Crippen molar-refractivity contribution in [3.63, 3.8) is 0 Å². The fourth-order valence-electron chi connectivity index (χ4n) is 1.37. The van der Waals surface area contributed by atoms with Crippen molar-refractivity contribution >= 4 is 28.8 Å². The molecule has 4 nitrogen and oxygen atoms in total.